The highest BCUT2D eigenvalue weighted by Crippen LogP contribution is 1.86. The van der Waals surface area contributed by atoms with Gasteiger partial charge in [0.25, 0.3) is 0 Å². The van der Waals surface area contributed by atoms with Crippen molar-refractivity contribution in [2.45, 2.75) is 6.92 Å². The van der Waals surface area contributed by atoms with Crippen LogP contribution in [0.1, 0.15) is 6.92 Å². The smallest absolute Gasteiger partial charge is 0.239 e. The van der Waals surface area contributed by atoms with Gasteiger partial charge in [0.2, 0.25) is 11.8 Å². The van der Waals surface area contributed by atoms with E-state index in [0.717, 1.165) is 5.57 Å². The molecule has 0 fully saturated rings. The Morgan fingerprint density at radius 3 is 2.00 bits per heavy atom. The van der Waals surface area contributed by atoms with Crippen molar-refractivity contribution in [3.63, 3.8) is 0 Å². The lowest BCUT2D eigenvalue weighted by molar-refractivity contribution is -0.125. The van der Waals surface area contributed by atoms with Crippen LogP contribution in [-0.2, 0) is 9.59 Å². The van der Waals surface area contributed by atoms with E-state index in [2.05, 4.69) is 34.4 Å². The minimum atomic E-state index is -0.252. The third-order valence-electron chi connectivity index (χ3n) is 1.92. The van der Waals surface area contributed by atoms with Crippen LogP contribution in [0.15, 0.2) is 24.4 Å². The molecule has 6 heteroatoms. The minimum absolute atomic E-state index is 0.0335. The van der Waals surface area contributed by atoms with Gasteiger partial charge in [-0.2, -0.15) is 0 Å². The molecule has 18 heavy (non-hydrogen) atoms. The standard InChI is InChI=1S/C12H22N4O2/c1-9(2)5-14-10(3)6-15-12(18)8-16-11(17)7-13-4/h13-14H,1,3,5-8H2,2,4H3,(H,15,18)(H,16,17). The Hall–Kier alpha value is -1.82. The second-order valence-corrected chi connectivity index (χ2v) is 4.00. The number of nitrogens with one attached hydrogen (secondary N) is 4. The average molecular weight is 254 g/mol. The first-order chi connectivity index (χ1) is 8.45. The molecule has 0 rings (SSSR count). The molecule has 0 bridgehead atoms. The van der Waals surface area contributed by atoms with Gasteiger partial charge >= 0.3 is 0 Å². The van der Waals surface area contributed by atoms with E-state index < -0.39 is 0 Å². The Morgan fingerprint density at radius 1 is 0.889 bits per heavy atom. The van der Waals surface area contributed by atoms with E-state index in [1.54, 1.807) is 7.05 Å². The van der Waals surface area contributed by atoms with E-state index in [0.29, 0.717) is 18.8 Å². The monoisotopic (exact) mass is 254 g/mol. The fourth-order valence-electron chi connectivity index (χ4n) is 1.01. The zero-order chi connectivity index (χ0) is 14.0. The predicted molar refractivity (Wildman–Crippen MR) is 71.9 cm³/mol. The highest BCUT2D eigenvalue weighted by atomic mass is 16.2. The quantitative estimate of drug-likeness (QED) is 0.403. The highest BCUT2D eigenvalue weighted by Gasteiger charge is 2.04. The number of carbonyl (C=O) groups excluding carboxylic acids is 2. The summed E-state index contributed by atoms with van der Waals surface area (Å²) >= 11 is 0. The van der Waals surface area contributed by atoms with E-state index in [-0.39, 0.29) is 24.9 Å². The first-order valence-electron chi connectivity index (χ1n) is 5.69. The molecule has 0 saturated heterocycles. The average Bonchev–Trinajstić information content (AvgIpc) is 2.31. The normalized spacial score (nSPS) is 9.44. The molecule has 2 amide bonds. The summed E-state index contributed by atoms with van der Waals surface area (Å²) in [6, 6.07) is 0. The Bertz CT molecular complexity index is 326. The number of rotatable bonds is 9. The van der Waals surface area contributed by atoms with Gasteiger partial charge in [-0.05, 0) is 14.0 Å². The van der Waals surface area contributed by atoms with Crippen LogP contribution in [0.25, 0.3) is 0 Å². The molecule has 0 radical (unpaired) electrons. The summed E-state index contributed by atoms with van der Waals surface area (Å²) in [6.07, 6.45) is 0. The first kappa shape index (κ1) is 16.2. The summed E-state index contributed by atoms with van der Waals surface area (Å²) < 4.78 is 0. The number of carbonyl (C=O) groups is 2. The summed E-state index contributed by atoms with van der Waals surface area (Å²) in [7, 11) is 1.66. The number of hydrogen-bond acceptors (Lipinski definition) is 4. The predicted octanol–water partition coefficient (Wildman–Crippen LogP) is -0.882. The van der Waals surface area contributed by atoms with Crippen molar-refractivity contribution in [3.05, 3.63) is 24.4 Å². The zero-order valence-electron chi connectivity index (χ0n) is 11.1. The molecule has 0 spiro atoms. The van der Waals surface area contributed by atoms with Crippen LogP contribution in [0.3, 0.4) is 0 Å². The maximum absolute atomic E-state index is 11.4. The van der Waals surface area contributed by atoms with Gasteiger partial charge in [0.15, 0.2) is 0 Å². The van der Waals surface area contributed by atoms with Gasteiger partial charge in [0, 0.05) is 12.2 Å². The van der Waals surface area contributed by atoms with Gasteiger partial charge in [0.1, 0.15) is 0 Å². The molecule has 0 saturated carbocycles. The lowest BCUT2D eigenvalue weighted by Crippen LogP contribution is -2.41. The van der Waals surface area contributed by atoms with Gasteiger partial charge in [-0.3, -0.25) is 9.59 Å². The largest absolute Gasteiger partial charge is 0.384 e. The molecule has 4 N–H and O–H groups in total. The second kappa shape index (κ2) is 9.23. The topological polar surface area (TPSA) is 82.3 Å². The number of hydrogen-bond donors (Lipinski definition) is 4. The molecule has 0 atom stereocenters. The SMILES string of the molecule is C=C(C)CNC(=C)CNC(=O)CNC(=O)CNC. The van der Waals surface area contributed by atoms with E-state index in [1.807, 2.05) is 6.92 Å². The van der Waals surface area contributed by atoms with Gasteiger partial charge in [-0.15, -0.1) is 0 Å². The number of amides is 2. The Morgan fingerprint density at radius 2 is 1.44 bits per heavy atom. The summed E-state index contributed by atoms with van der Waals surface area (Å²) in [5.74, 6) is -0.468. The number of likely N-dealkylation sites (N-methyl/N-ethyl adjacent to an activating group) is 1. The van der Waals surface area contributed by atoms with Crippen molar-refractivity contribution in [2.75, 3.05) is 33.2 Å². The fraction of sp³-hybridized carbons (Fsp3) is 0.500. The molecule has 0 unspecified atom stereocenters. The van der Waals surface area contributed by atoms with Crippen LogP contribution in [0.5, 0.6) is 0 Å². The Kier molecular flexibility index (Phi) is 8.30. The van der Waals surface area contributed by atoms with Crippen LogP contribution in [0, 0.1) is 0 Å². The summed E-state index contributed by atoms with van der Waals surface area (Å²) in [5, 5.41) is 10.8. The van der Waals surface area contributed by atoms with Crippen molar-refractivity contribution < 1.29 is 9.59 Å². The molecule has 0 aromatic heterocycles. The Labute approximate surface area is 108 Å². The molecule has 0 aromatic rings. The Balaban J connectivity index is 3.67. The van der Waals surface area contributed by atoms with Crippen molar-refractivity contribution in [1.29, 1.82) is 0 Å². The van der Waals surface area contributed by atoms with Crippen molar-refractivity contribution >= 4 is 11.8 Å². The molecule has 0 aliphatic rings. The lowest BCUT2D eigenvalue weighted by Gasteiger charge is -2.11. The molecular formula is C12H22N4O2. The van der Waals surface area contributed by atoms with E-state index >= 15 is 0 Å². The lowest BCUT2D eigenvalue weighted by atomic mass is 10.3. The van der Waals surface area contributed by atoms with Crippen molar-refractivity contribution in [1.82, 2.24) is 21.3 Å². The van der Waals surface area contributed by atoms with Crippen molar-refractivity contribution in [2.24, 2.45) is 0 Å². The molecule has 0 heterocycles. The summed E-state index contributed by atoms with van der Waals surface area (Å²) in [4.78, 5) is 22.4. The molecule has 102 valence electrons. The summed E-state index contributed by atoms with van der Waals surface area (Å²) in [6.45, 7) is 10.5. The second-order valence-electron chi connectivity index (χ2n) is 4.00. The van der Waals surface area contributed by atoms with Gasteiger partial charge < -0.3 is 21.3 Å². The van der Waals surface area contributed by atoms with E-state index in [9.17, 15) is 9.59 Å². The van der Waals surface area contributed by atoms with Crippen LogP contribution < -0.4 is 21.3 Å². The molecule has 6 nitrogen and oxygen atoms in total. The maximum Gasteiger partial charge on any atom is 0.239 e. The maximum atomic E-state index is 11.4. The van der Waals surface area contributed by atoms with E-state index in [4.69, 9.17) is 0 Å². The van der Waals surface area contributed by atoms with E-state index in [1.165, 1.54) is 0 Å². The van der Waals surface area contributed by atoms with Crippen molar-refractivity contribution in [3.8, 4) is 0 Å². The first-order valence-corrected chi connectivity index (χ1v) is 5.69. The highest BCUT2D eigenvalue weighted by molar-refractivity contribution is 5.85. The third-order valence-corrected chi connectivity index (χ3v) is 1.92. The molecule has 0 aliphatic heterocycles. The molecule has 0 aliphatic carbocycles. The summed E-state index contributed by atoms with van der Waals surface area (Å²) in [5.41, 5.74) is 1.69. The third kappa shape index (κ3) is 9.41. The van der Waals surface area contributed by atoms with Crippen LogP contribution >= 0.6 is 0 Å². The molecule has 0 aromatic carbocycles. The van der Waals surface area contributed by atoms with Gasteiger partial charge in [0.05, 0.1) is 19.6 Å². The van der Waals surface area contributed by atoms with Crippen LogP contribution in [-0.4, -0.2) is 45.0 Å². The van der Waals surface area contributed by atoms with Crippen LogP contribution in [0.4, 0.5) is 0 Å². The van der Waals surface area contributed by atoms with Gasteiger partial charge in [-0.25, -0.2) is 0 Å². The molecular weight excluding hydrogens is 232 g/mol. The fourth-order valence-corrected chi connectivity index (χ4v) is 1.01. The minimum Gasteiger partial charge on any atom is -0.384 e. The van der Waals surface area contributed by atoms with Gasteiger partial charge in [-0.1, -0.05) is 18.7 Å². The zero-order valence-corrected chi connectivity index (χ0v) is 11.1. The van der Waals surface area contributed by atoms with Crippen LogP contribution in [0.2, 0.25) is 0 Å².